The van der Waals surface area contributed by atoms with Gasteiger partial charge in [0.05, 0.1) is 20.3 Å². The van der Waals surface area contributed by atoms with E-state index in [0.717, 1.165) is 37.0 Å². The Morgan fingerprint density at radius 2 is 1.82 bits per heavy atom. The van der Waals surface area contributed by atoms with Crippen LogP contribution < -0.4 is 19.5 Å². The summed E-state index contributed by atoms with van der Waals surface area (Å²) < 4.78 is 38.7. The summed E-state index contributed by atoms with van der Waals surface area (Å²) in [6.45, 7) is 3.88. The van der Waals surface area contributed by atoms with Crippen molar-refractivity contribution in [3.8, 4) is 17.2 Å². The van der Waals surface area contributed by atoms with Crippen LogP contribution in [0.1, 0.15) is 62.0 Å². The first-order valence-corrected chi connectivity index (χ1v) is 15.5. The number of carbonyl (C=O) groups excluding carboxylic acids is 3. The molecule has 0 radical (unpaired) electrons. The molecule has 45 heavy (non-hydrogen) atoms. The Hall–Kier alpha value is -3.90. The summed E-state index contributed by atoms with van der Waals surface area (Å²) in [5, 5.41) is 2.78. The van der Waals surface area contributed by atoms with E-state index in [4.69, 9.17) is 33.2 Å². The van der Waals surface area contributed by atoms with Crippen molar-refractivity contribution < 1.29 is 47.5 Å². The van der Waals surface area contributed by atoms with Gasteiger partial charge in [-0.15, -0.1) is 0 Å². The average Bonchev–Trinajstić information content (AvgIpc) is 3.87. The average molecular weight is 629 g/mol. The van der Waals surface area contributed by atoms with Crippen LogP contribution in [-0.4, -0.2) is 81.9 Å². The first kappa shape index (κ1) is 34.0. The van der Waals surface area contributed by atoms with Crippen molar-refractivity contribution in [3.63, 3.8) is 0 Å². The van der Waals surface area contributed by atoms with E-state index in [1.165, 1.54) is 19.4 Å². The molecule has 2 heterocycles. The number of methoxy groups -OCH3 is 2. The van der Waals surface area contributed by atoms with Gasteiger partial charge in [-0.1, -0.05) is 18.6 Å². The number of esters is 2. The van der Waals surface area contributed by atoms with Gasteiger partial charge >= 0.3 is 11.9 Å². The fourth-order valence-corrected chi connectivity index (χ4v) is 5.30. The molecule has 1 aromatic heterocycles. The minimum absolute atomic E-state index is 0.0281. The number of carbonyl (C=O) groups is 3. The van der Waals surface area contributed by atoms with E-state index < -0.39 is 36.8 Å². The number of hydrogen-bond acceptors (Lipinski definition) is 11. The molecule has 12 nitrogen and oxygen atoms in total. The highest BCUT2D eigenvalue weighted by Crippen LogP contribution is 2.33. The lowest BCUT2D eigenvalue weighted by Gasteiger charge is -2.31. The Kier molecular flexibility index (Phi) is 12.8. The zero-order chi connectivity index (χ0) is 32.2. The molecule has 2 aromatic rings. The van der Waals surface area contributed by atoms with E-state index in [1.54, 1.807) is 14.0 Å². The Balaban J connectivity index is 1.46. The van der Waals surface area contributed by atoms with Gasteiger partial charge in [-0.05, 0) is 75.5 Å². The van der Waals surface area contributed by atoms with Crippen molar-refractivity contribution >= 4 is 17.8 Å². The van der Waals surface area contributed by atoms with Crippen molar-refractivity contribution in [1.29, 1.82) is 0 Å². The smallest absolute Gasteiger partial charge is 0.334 e. The fraction of sp³-hybridized carbons (Fsp3) is 0.576. The molecule has 2 aliphatic rings. The Labute approximate surface area is 264 Å². The van der Waals surface area contributed by atoms with E-state index in [0.29, 0.717) is 32.0 Å². The maximum Gasteiger partial charge on any atom is 0.334 e. The number of amides is 1. The lowest BCUT2D eigenvalue weighted by molar-refractivity contribution is -0.161. The molecular weight excluding hydrogens is 584 g/mol. The predicted octanol–water partition coefficient (Wildman–Crippen LogP) is 3.88. The first-order valence-electron chi connectivity index (χ1n) is 15.5. The van der Waals surface area contributed by atoms with Crippen molar-refractivity contribution in [2.45, 2.75) is 70.6 Å². The summed E-state index contributed by atoms with van der Waals surface area (Å²) in [6, 6.07) is 8.56. The molecule has 1 aliphatic carbocycles. The molecule has 4 unspecified atom stereocenters. The molecular formula is C33H44N2O10. The topological polar surface area (TPSA) is 141 Å². The number of nitrogens with zero attached hydrogens (tertiary/aromatic N) is 1. The summed E-state index contributed by atoms with van der Waals surface area (Å²) in [4.78, 5) is 42.9. The van der Waals surface area contributed by atoms with Gasteiger partial charge in [0.15, 0.2) is 17.2 Å². The molecule has 0 spiro atoms. The molecule has 0 bridgehead atoms. The quantitative estimate of drug-likeness (QED) is 0.227. The molecule has 1 saturated carbocycles. The van der Waals surface area contributed by atoms with Crippen LogP contribution in [0, 0.1) is 11.8 Å². The monoisotopic (exact) mass is 628 g/mol. The van der Waals surface area contributed by atoms with Crippen LogP contribution in [0.4, 0.5) is 0 Å². The van der Waals surface area contributed by atoms with Crippen molar-refractivity contribution in [3.05, 3.63) is 47.8 Å². The van der Waals surface area contributed by atoms with Crippen LogP contribution in [-0.2, 0) is 35.0 Å². The zero-order valence-corrected chi connectivity index (χ0v) is 26.5. The van der Waals surface area contributed by atoms with Gasteiger partial charge < -0.3 is 38.5 Å². The number of benzene rings is 1. The fourth-order valence-electron chi connectivity index (χ4n) is 5.30. The summed E-state index contributed by atoms with van der Waals surface area (Å²) in [5.41, 5.74) is 1.02. The molecule has 1 amide bonds. The lowest BCUT2D eigenvalue weighted by atomic mass is 9.86. The zero-order valence-electron chi connectivity index (χ0n) is 26.5. The van der Waals surface area contributed by atoms with Crippen LogP contribution in [0.15, 0.2) is 36.5 Å². The van der Waals surface area contributed by atoms with Gasteiger partial charge in [-0.3, -0.25) is 4.79 Å². The minimum Gasteiger partial charge on any atom is -0.497 e. The number of ether oxygens (including phenoxy) is 7. The minimum atomic E-state index is -0.923. The third kappa shape index (κ3) is 10.1. The number of cyclic esters (lactones) is 1. The molecule has 246 valence electrons. The number of pyridine rings is 1. The third-order valence-corrected chi connectivity index (χ3v) is 7.92. The molecule has 1 saturated heterocycles. The van der Waals surface area contributed by atoms with Gasteiger partial charge in [-0.2, -0.15) is 0 Å². The predicted molar refractivity (Wildman–Crippen MR) is 162 cm³/mol. The van der Waals surface area contributed by atoms with Gasteiger partial charge in [0.1, 0.15) is 24.5 Å². The molecule has 1 aliphatic heterocycles. The summed E-state index contributed by atoms with van der Waals surface area (Å²) in [7, 11) is 3.05. The largest absolute Gasteiger partial charge is 0.497 e. The number of hydrogen-bond donors (Lipinski definition) is 1. The third-order valence-electron chi connectivity index (χ3n) is 7.92. The van der Waals surface area contributed by atoms with Crippen LogP contribution in [0.3, 0.4) is 0 Å². The lowest BCUT2D eigenvalue weighted by Crippen LogP contribution is -2.45. The van der Waals surface area contributed by atoms with E-state index in [9.17, 15) is 14.4 Å². The second-order valence-corrected chi connectivity index (χ2v) is 11.3. The molecule has 1 aromatic carbocycles. The van der Waals surface area contributed by atoms with Crippen LogP contribution in [0.25, 0.3) is 0 Å². The standard InChI is InChI=1S/C33H44N2O10/c1-5-41-19-28(36)43-20-44-31-27(40-4)15-16-34-29(31)32(37)35-26-8-6-7-24(17-22-11-13-25(39-3)14-12-22)30(21(2)45-33(26)38)42-18-23-9-10-23/h11-16,21,23-24,26,30H,5-10,17-20H2,1-4H3,(H,35,37). The SMILES string of the molecule is CCOCC(=O)OCOc1c(OC)ccnc1C(=O)NC1CCCC(Cc2ccc(OC)cc2)C(OCC2CC2)C(C)OC1=O. The number of aromatic nitrogens is 1. The molecule has 2 fully saturated rings. The number of rotatable bonds is 15. The second kappa shape index (κ2) is 17.0. The Morgan fingerprint density at radius 3 is 2.51 bits per heavy atom. The van der Waals surface area contributed by atoms with Gasteiger partial charge in [-0.25, -0.2) is 14.6 Å². The number of nitrogens with one attached hydrogen (secondary N) is 1. The Morgan fingerprint density at radius 1 is 1.04 bits per heavy atom. The highest BCUT2D eigenvalue weighted by atomic mass is 16.7. The van der Waals surface area contributed by atoms with Gasteiger partial charge in [0.2, 0.25) is 6.79 Å². The molecule has 1 N–H and O–H groups in total. The highest BCUT2D eigenvalue weighted by molar-refractivity contribution is 5.98. The molecule has 12 heteroatoms. The van der Waals surface area contributed by atoms with Gasteiger partial charge in [0.25, 0.3) is 5.91 Å². The summed E-state index contributed by atoms with van der Waals surface area (Å²) in [6.07, 6.45) is 5.40. The Bertz CT molecular complexity index is 1270. The first-order chi connectivity index (χ1) is 21.8. The van der Waals surface area contributed by atoms with E-state index in [2.05, 4.69) is 10.3 Å². The van der Waals surface area contributed by atoms with E-state index in [-0.39, 0.29) is 35.8 Å². The van der Waals surface area contributed by atoms with Crippen LogP contribution >= 0.6 is 0 Å². The molecule has 4 atom stereocenters. The second-order valence-electron chi connectivity index (χ2n) is 11.3. The van der Waals surface area contributed by atoms with Gasteiger partial charge in [0, 0.05) is 25.5 Å². The van der Waals surface area contributed by atoms with Crippen LogP contribution in [0.5, 0.6) is 17.2 Å². The summed E-state index contributed by atoms with van der Waals surface area (Å²) in [5.74, 6) is -0.214. The maximum absolute atomic E-state index is 13.5. The van der Waals surface area contributed by atoms with E-state index in [1.807, 2.05) is 31.2 Å². The van der Waals surface area contributed by atoms with Crippen LogP contribution in [0.2, 0.25) is 0 Å². The summed E-state index contributed by atoms with van der Waals surface area (Å²) >= 11 is 0. The highest BCUT2D eigenvalue weighted by Gasteiger charge is 2.37. The van der Waals surface area contributed by atoms with Crippen molar-refractivity contribution in [1.82, 2.24) is 10.3 Å². The maximum atomic E-state index is 13.5. The van der Waals surface area contributed by atoms with E-state index >= 15 is 0 Å². The van der Waals surface area contributed by atoms with Crippen molar-refractivity contribution in [2.24, 2.45) is 11.8 Å². The van der Waals surface area contributed by atoms with Crippen molar-refractivity contribution in [2.75, 3.05) is 40.8 Å². The molecule has 4 rings (SSSR count). The normalized spacial score (nSPS) is 21.8.